The van der Waals surface area contributed by atoms with Gasteiger partial charge in [0.2, 0.25) is 0 Å². The van der Waals surface area contributed by atoms with E-state index < -0.39 is 157 Å². The van der Waals surface area contributed by atoms with Crippen molar-refractivity contribution in [3.05, 3.63) is 0 Å². The molecule has 0 bridgehead atoms. The number of alkyl carbamates (subject to hydrolysis) is 5. The lowest BCUT2D eigenvalue weighted by molar-refractivity contribution is -0.318. The first-order valence-electron chi connectivity index (χ1n) is 24.4. The summed E-state index contributed by atoms with van der Waals surface area (Å²) >= 11 is 1.45. The number of amides is 5. The number of rotatable bonds is 15. The third-order valence-electron chi connectivity index (χ3n) is 10.5. The molecule has 2 heterocycles. The van der Waals surface area contributed by atoms with Gasteiger partial charge in [-0.1, -0.05) is 13.3 Å². The molecule has 1 aliphatic carbocycles. The standard InChI is InChI=1S/C47H85N5O19S/c1-17-18-19-72-22-26-29(53)27(51-41(61)70-46(11,12)13)32(56)37(64-26)66-35-24(50-40(60)69-45(8,9)10)20-23(49-39(59)68-44(5,6)7)34(33(35)57)65-36-28(52-42(62)71-47(14,15)16)31(55)30(54)25(63-36)21-48-38(58)67-43(2,3)4/h23-37,53-57H,17-22H2,1-16H3,(H,48,58)(H,49,59)(H,50,60)(H,51,61)(H,52,62). The Morgan fingerprint density at radius 3 is 1.35 bits per heavy atom. The highest BCUT2D eigenvalue weighted by Gasteiger charge is 2.55. The molecule has 0 aromatic heterocycles. The average molecular weight is 1060 g/mol. The molecular weight excluding hydrogens is 971 g/mol. The van der Waals surface area contributed by atoms with E-state index in [1.807, 2.05) is 6.92 Å². The van der Waals surface area contributed by atoms with Crippen LogP contribution in [-0.4, -0.2) is 194 Å². The summed E-state index contributed by atoms with van der Waals surface area (Å²) in [5.41, 5.74) is -4.98. The Kier molecular flexibility index (Phi) is 22.4. The maximum absolute atomic E-state index is 13.6. The predicted molar refractivity (Wildman–Crippen MR) is 261 cm³/mol. The highest BCUT2D eigenvalue weighted by atomic mass is 32.2. The van der Waals surface area contributed by atoms with E-state index in [0.29, 0.717) is 5.75 Å². The van der Waals surface area contributed by atoms with E-state index in [1.165, 1.54) is 11.8 Å². The number of ether oxygens (including phenoxy) is 9. The number of hydrogen-bond acceptors (Lipinski definition) is 20. The summed E-state index contributed by atoms with van der Waals surface area (Å²) in [6, 6.07) is -5.81. The molecule has 2 saturated heterocycles. The summed E-state index contributed by atoms with van der Waals surface area (Å²) in [5, 5.41) is 72.0. The number of nitrogens with one attached hydrogen (secondary N) is 5. The fourth-order valence-electron chi connectivity index (χ4n) is 7.62. The van der Waals surface area contributed by atoms with Crippen molar-refractivity contribution in [1.82, 2.24) is 26.6 Å². The minimum Gasteiger partial charge on any atom is -0.444 e. The maximum atomic E-state index is 13.6. The Bertz CT molecular complexity index is 1780. The third-order valence-corrected chi connectivity index (χ3v) is 11.6. The second-order valence-corrected chi connectivity index (χ2v) is 24.3. The Morgan fingerprint density at radius 1 is 0.500 bits per heavy atom. The van der Waals surface area contributed by atoms with Gasteiger partial charge in [-0.25, -0.2) is 24.0 Å². The van der Waals surface area contributed by atoms with E-state index in [9.17, 15) is 49.5 Å². The quantitative estimate of drug-likeness (QED) is 0.0832. The summed E-state index contributed by atoms with van der Waals surface area (Å²) in [6.45, 7) is 25.8. The molecule has 15 unspecified atom stereocenters. The van der Waals surface area contributed by atoms with Gasteiger partial charge in [-0.2, -0.15) is 11.8 Å². The molecule has 0 spiro atoms. The van der Waals surface area contributed by atoms with Crippen LogP contribution in [0.2, 0.25) is 0 Å². The Hall–Kier alpha value is -3.66. The molecule has 25 heteroatoms. The lowest BCUT2D eigenvalue weighted by atomic mass is 9.83. The van der Waals surface area contributed by atoms with Gasteiger partial charge in [0.25, 0.3) is 0 Å². The van der Waals surface area contributed by atoms with Gasteiger partial charge in [0.05, 0.1) is 24.2 Å². The number of carbonyl (C=O) groups excluding carboxylic acids is 5. The lowest BCUT2D eigenvalue weighted by Gasteiger charge is -2.50. The van der Waals surface area contributed by atoms with Crippen LogP contribution in [0.5, 0.6) is 0 Å². The minimum atomic E-state index is -2.00. The molecule has 5 amide bonds. The zero-order valence-electron chi connectivity index (χ0n) is 44.8. The minimum absolute atomic E-state index is 0.170. The fraction of sp³-hybridized carbons (Fsp3) is 0.894. The molecule has 3 aliphatic rings. The Labute approximate surface area is 427 Å². The van der Waals surface area contributed by atoms with Crippen molar-refractivity contribution in [2.24, 2.45) is 0 Å². The van der Waals surface area contributed by atoms with Crippen LogP contribution < -0.4 is 26.6 Å². The first kappa shape index (κ1) is 62.6. The predicted octanol–water partition coefficient (Wildman–Crippen LogP) is 3.05. The molecule has 10 N–H and O–H groups in total. The topological polar surface area (TPSA) is 330 Å². The first-order valence-corrected chi connectivity index (χ1v) is 25.6. The van der Waals surface area contributed by atoms with E-state index in [1.54, 1.807) is 104 Å². The van der Waals surface area contributed by atoms with Crippen LogP contribution in [0.25, 0.3) is 0 Å². The molecular formula is C47H85N5O19S. The zero-order valence-corrected chi connectivity index (χ0v) is 45.6. The number of aliphatic hydroxyl groups excluding tert-OH is 5. The van der Waals surface area contributed by atoms with E-state index in [4.69, 9.17) is 42.6 Å². The third kappa shape index (κ3) is 20.9. The van der Waals surface area contributed by atoms with Gasteiger partial charge in [-0.3, -0.25) is 0 Å². The van der Waals surface area contributed by atoms with Gasteiger partial charge < -0.3 is 94.7 Å². The lowest BCUT2D eigenvalue weighted by Crippen LogP contribution is -2.71. The Morgan fingerprint density at radius 2 is 0.903 bits per heavy atom. The van der Waals surface area contributed by atoms with Crippen LogP contribution in [0, 0.1) is 0 Å². The maximum Gasteiger partial charge on any atom is 0.408 e. The number of aliphatic hydroxyl groups is 5. The van der Waals surface area contributed by atoms with Crippen molar-refractivity contribution in [2.45, 2.75) is 250 Å². The molecule has 0 radical (unpaired) electrons. The molecule has 3 rings (SSSR count). The van der Waals surface area contributed by atoms with Gasteiger partial charge >= 0.3 is 30.5 Å². The van der Waals surface area contributed by atoms with E-state index >= 15 is 0 Å². The van der Waals surface area contributed by atoms with Crippen molar-refractivity contribution < 1.29 is 92.1 Å². The SMILES string of the molecule is CCCCSCC1OC(OC2C(NC(=O)OC(C)(C)C)CC(NC(=O)OC(C)(C)C)C(OC3OC(CNC(=O)OC(C)(C)C)C(O)C(O)C3NC(=O)OC(C)(C)C)C2O)C(O)C(NC(=O)OC(C)(C)C)C1O. The van der Waals surface area contributed by atoms with E-state index in [-0.39, 0.29) is 12.2 Å². The van der Waals surface area contributed by atoms with Gasteiger partial charge in [-0.05, 0) is 122 Å². The van der Waals surface area contributed by atoms with Crippen LogP contribution in [0.3, 0.4) is 0 Å². The van der Waals surface area contributed by atoms with Crippen LogP contribution in [0.4, 0.5) is 24.0 Å². The monoisotopic (exact) mass is 1060 g/mol. The van der Waals surface area contributed by atoms with E-state index in [2.05, 4.69) is 26.6 Å². The summed E-state index contributed by atoms with van der Waals surface area (Å²) in [6.07, 6.45) is -22.1. The van der Waals surface area contributed by atoms with Crippen LogP contribution in [0.15, 0.2) is 0 Å². The molecule has 3 fully saturated rings. The number of unbranched alkanes of at least 4 members (excludes halogenated alkanes) is 1. The highest BCUT2D eigenvalue weighted by Crippen LogP contribution is 2.34. The number of thioether (sulfide) groups is 1. The molecule has 1 saturated carbocycles. The summed E-state index contributed by atoms with van der Waals surface area (Å²) in [5.74, 6) is 0.857. The van der Waals surface area contributed by atoms with E-state index in [0.717, 1.165) is 12.8 Å². The van der Waals surface area contributed by atoms with Crippen molar-refractivity contribution >= 4 is 42.2 Å². The molecule has 15 atom stereocenters. The summed E-state index contributed by atoms with van der Waals surface area (Å²) in [7, 11) is 0. The largest absolute Gasteiger partial charge is 0.444 e. The van der Waals surface area contributed by atoms with Crippen LogP contribution >= 0.6 is 11.8 Å². The van der Waals surface area contributed by atoms with Gasteiger partial charge in [0, 0.05) is 12.3 Å². The van der Waals surface area contributed by atoms with Crippen molar-refractivity contribution in [1.29, 1.82) is 0 Å². The normalized spacial score (nSPS) is 31.5. The number of hydrogen-bond donors (Lipinski definition) is 10. The van der Waals surface area contributed by atoms with Gasteiger partial charge in [0.15, 0.2) is 12.6 Å². The fourth-order valence-corrected chi connectivity index (χ4v) is 8.79. The van der Waals surface area contributed by atoms with Gasteiger partial charge in [0.1, 0.15) is 82.9 Å². The first-order chi connectivity index (χ1) is 32.9. The van der Waals surface area contributed by atoms with Crippen LogP contribution in [0.1, 0.15) is 130 Å². The molecule has 0 aromatic carbocycles. The second-order valence-electron chi connectivity index (χ2n) is 23.1. The summed E-state index contributed by atoms with van der Waals surface area (Å²) < 4.78 is 52.8. The molecule has 2 aliphatic heterocycles. The molecule has 72 heavy (non-hydrogen) atoms. The van der Waals surface area contributed by atoms with Crippen molar-refractivity contribution in [2.75, 3.05) is 18.1 Å². The van der Waals surface area contributed by atoms with Crippen molar-refractivity contribution in [3.8, 4) is 0 Å². The van der Waals surface area contributed by atoms with Crippen LogP contribution in [-0.2, 0) is 42.6 Å². The molecule has 418 valence electrons. The zero-order chi connectivity index (χ0) is 54.9. The Balaban J connectivity index is 2.20. The number of carbonyl (C=O) groups is 5. The smallest absolute Gasteiger partial charge is 0.408 e. The molecule has 24 nitrogen and oxygen atoms in total. The second kappa shape index (κ2) is 25.7. The highest BCUT2D eigenvalue weighted by molar-refractivity contribution is 7.99. The average Bonchev–Trinajstić information content (AvgIpc) is 3.17. The molecule has 0 aromatic rings. The van der Waals surface area contributed by atoms with Gasteiger partial charge in [-0.15, -0.1) is 0 Å². The van der Waals surface area contributed by atoms with Crippen molar-refractivity contribution in [3.63, 3.8) is 0 Å². The summed E-state index contributed by atoms with van der Waals surface area (Å²) in [4.78, 5) is 66.4.